The second-order valence-corrected chi connectivity index (χ2v) is 7.90. The van der Waals surface area contributed by atoms with Crippen LogP contribution in [0.4, 0.5) is 5.69 Å². The molecule has 1 atom stereocenters. The number of hydrogen-bond donors (Lipinski definition) is 1. The smallest absolute Gasteiger partial charge is 0.226 e. The maximum atomic E-state index is 12.6. The molecule has 1 amide bonds. The lowest BCUT2D eigenvalue weighted by Gasteiger charge is -2.39. The van der Waals surface area contributed by atoms with E-state index in [-0.39, 0.29) is 18.0 Å². The zero-order valence-corrected chi connectivity index (χ0v) is 17.4. The van der Waals surface area contributed by atoms with Gasteiger partial charge in [0.2, 0.25) is 5.91 Å². The van der Waals surface area contributed by atoms with Crippen molar-refractivity contribution in [3.63, 3.8) is 0 Å². The highest BCUT2D eigenvalue weighted by Crippen LogP contribution is 2.26. The number of para-hydroxylation sites is 1. The fourth-order valence-corrected chi connectivity index (χ4v) is 4.46. The van der Waals surface area contributed by atoms with Crippen molar-refractivity contribution >= 4 is 11.6 Å². The Balaban J connectivity index is 1.64. The number of nitrogens with two attached hydrogens (primary N) is 1. The number of hydrogen-bond acceptors (Lipinski definition) is 3. The summed E-state index contributed by atoms with van der Waals surface area (Å²) in [5.41, 5.74) is 11.4. The molecule has 1 saturated heterocycles. The zero-order valence-electron chi connectivity index (χ0n) is 17.4. The van der Waals surface area contributed by atoms with Crippen LogP contribution in [0.1, 0.15) is 48.9 Å². The first-order valence-corrected chi connectivity index (χ1v) is 10.4. The van der Waals surface area contributed by atoms with Crippen LogP contribution in [0, 0.1) is 13.8 Å². The van der Waals surface area contributed by atoms with Gasteiger partial charge >= 0.3 is 0 Å². The molecular weight excluding hydrogens is 346 g/mol. The van der Waals surface area contributed by atoms with Gasteiger partial charge < -0.3 is 15.5 Å². The summed E-state index contributed by atoms with van der Waals surface area (Å²) in [6.07, 6.45) is 2.51. The Morgan fingerprint density at radius 1 is 1.07 bits per heavy atom. The molecule has 4 nitrogen and oxygen atoms in total. The van der Waals surface area contributed by atoms with E-state index in [4.69, 9.17) is 5.73 Å². The summed E-state index contributed by atoms with van der Waals surface area (Å²) in [6.45, 7) is 9.04. The van der Waals surface area contributed by atoms with Crippen molar-refractivity contribution in [1.29, 1.82) is 0 Å². The number of rotatable bonds is 6. The highest BCUT2D eigenvalue weighted by molar-refractivity contribution is 5.93. The van der Waals surface area contributed by atoms with E-state index >= 15 is 0 Å². The zero-order chi connectivity index (χ0) is 20.1. The summed E-state index contributed by atoms with van der Waals surface area (Å²) < 4.78 is 0. The largest absolute Gasteiger partial charge is 0.323 e. The number of piperidine rings is 1. The maximum Gasteiger partial charge on any atom is 0.226 e. The van der Waals surface area contributed by atoms with Gasteiger partial charge in [0.05, 0.1) is 0 Å². The predicted octanol–water partition coefficient (Wildman–Crippen LogP) is 4.21. The molecular formula is C24H33N3O. The normalized spacial score (nSPS) is 16.7. The van der Waals surface area contributed by atoms with Crippen LogP contribution in [-0.2, 0) is 4.79 Å². The van der Waals surface area contributed by atoms with Crippen LogP contribution >= 0.6 is 0 Å². The van der Waals surface area contributed by atoms with Crippen LogP contribution in [-0.4, -0.2) is 36.5 Å². The molecule has 0 radical (unpaired) electrons. The lowest BCUT2D eigenvalue weighted by atomic mass is 9.95. The van der Waals surface area contributed by atoms with Crippen molar-refractivity contribution in [1.82, 2.24) is 4.90 Å². The molecule has 2 aromatic rings. The van der Waals surface area contributed by atoms with E-state index in [2.05, 4.69) is 36.9 Å². The average Bonchev–Trinajstić information content (AvgIpc) is 2.70. The lowest BCUT2D eigenvalue weighted by Crippen LogP contribution is -2.48. The number of anilines is 1. The van der Waals surface area contributed by atoms with Gasteiger partial charge in [-0.1, -0.05) is 43.3 Å². The molecule has 1 aliphatic rings. The first kappa shape index (κ1) is 20.6. The first-order chi connectivity index (χ1) is 13.5. The predicted molar refractivity (Wildman–Crippen MR) is 117 cm³/mol. The average molecular weight is 380 g/mol. The van der Waals surface area contributed by atoms with Crippen molar-refractivity contribution in [3.05, 3.63) is 65.2 Å². The molecule has 2 N–H and O–H groups in total. The Morgan fingerprint density at radius 3 is 2.25 bits per heavy atom. The van der Waals surface area contributed by atoms with E-state index in [0.717, 1.165) is 38.2 Å². The van der Waals surface area contributed by atoms with Gasteiger partial charge in [-0.3, -0.25) is 4.79 Å². The minimum absolute atomic E-state index is 0.0280. The van der Waals surface area contributed by atoms with Gasteiger partial charge in [0.15, 0.2) is 0 Å². The molecule has 0 aromatic heterocycles. The molecule has 3 rings (SSSR count). The van der Waals surface area contributed by atoms with E-state index in [1.165, 1.54) is 16.7 Å². The van der Waals surface area contributed by atoms with Crippen LogP contribution in [0.2, 0.25) is 0 Å². The van der Waals surface area contributed by atoms with Crippen LogP contribution in [0.15, 0.2) is 48.5 Å². The Morgan fingerprint density at radius 2 is 1.68 bits per heavy atom. The molecule has 150 valence electrons. The van der Waals surface area contributed by atoms with Crippen LogP contribution in [0.5, 0.6) is 0 Å². The molecule has 28 heavy (non-hydrogen) atoms. The third-order valence-electron chi connectivity index (χ3n) is 5.90. The van der Waals surface area contributed by atoms with Gasteiger partial charge in [0.1, 0.15) is 0 Å². The summed E-state index contributed by atoms with van der Waals surface area (Å²) >= 11 is 0. The second-order valence-electron chi connectivity index (χ2n) is 7.90. The van der Waals surface area contributed by atoms with Crippen molar-refractivity contribution < 1.29 is 4.79 Å². The molecule has 0 spiro atoms. The van der Waals surface area contributed by atoms with Gasteiger partial charge in [-0.15, -0.1) is 0 Å². The monoisotopic (exact) mass is 379 g/mol. The molecule has 2 aromatic carbocycles. The Hall–Kier alpha value is -2.17. The van der Waals surface area contributed by atoms with Gasteiger partial charge in [-0.05, 0) is 55.5 Å². The highest BCUT2D eigenvalue weighted by atomic mass is 16.2. The second kappa shape index (κ2) is 9.35. The number of carbonyl (C=O) groups is 1. The van der Waals surface area contributed by atoms with Gasteiger partial charge in [-0.2, -0.15) is 0 Å². The first-order valence-electron chi connectivity index (χ1n) is 10.4. The summed E-state index contributed by atoms with van der Waals surface area (Å²) in [4.78, 5) is 17.1. The Kier molecular flexibility index (Phi) is 6.87. The number of nitrogens with zero attached hydrogens (tertiary/aromatic N) is 2. The van der Waals surface area contributed by atoms with Crippen LogP contribution < -0.4 is 10.6 Å². The number of carbonyl (C=O) groups excluding carboxylic acids is 1. The molecule has 0 aliphatic carbocycles. The number of likely N-dealkylation sites (tertiary alicyclic amines) is 1. The molecule has 0 bridgehead atoms. The summed E-state index contributed by atoms with van der Waals surface area (Å²) in [7, 11) is 0. The third kappa shape index (κ3) is 4.62. The minimum Gasteiger partial charge on any atom is -0.323 e. The Bertz CT molecular complexity index is 761. The summed E-state index contributed by atoms with van der Waals surface area (Å²) in [5, 5.41) is 0. The van der Waals surface area contributed by atoms with Crippen LogP contribution in [0.3, 0.4) is 0 Å². The summed E-state index contributed by atoms with van der Waals surface area (Å²) in [6, 6.07) is 16.8. The van der Waals surface area contributed by atoms with E-state index in [0.29, 0.717) is 6.42 Å². The van der Waals surface area contributed by atoms with E-state index in [1.54, 1.807) is 0 Å². The molecule has 1 fully saturated rings. The van der Waals surface area contributed by atoms with Crippen molar-refractivity contribution in [2.75, 3.05) is 24.5 Å². The topological polar surface area (TPSA) is 49.6 Å². The lowest BCUT2D eigenvalue weighted by molar-refractivity contribution is -0.119. The van der Waals surface area contributed by atoms with E-state index in [1.807, 2.05) is 42.2 Å². The quantitative estimate of drug-likeness (QED) is 0.818. The fraction of sp³-hybridized carbons (Fsp3) is 0.458. The van der Waals surface area contributed by atoms with Crippen molar-refractivity contribution in [3.8, 4) is 0 Å². The highest BCUT2D eigenvalue weighted by Gasteiger charge is 2.29. The van der Waals surface area contributed by atoms with Gasteiger partial charge in [0, 0.05) is 43.8 Å². The third-order valence-corrected chi connectivity index (χ3v) is 5.90. The number of amides is 1. The molecule has 0 saturated carbocycles. The fourth-order valence-electron chi connectivity index (χ4n) is 4.46. The SMILES string of the molecule is CCC(=O)N(c1ccccc1)C1CCN(CC(N)c2c(C)cccc2C)CC1. The van der Waals surface area contributed by atoms with E-state index in [9.17, 15) is 4.79 Å². The molecule has 1 aliphatic heterocycles. The summed E-state index contributed by atoms with van der Waals surface area (Å²) in [5.74, 6) is 0.205. The van der Waals surface area contributed by atoms with Crippen LogP contribution in [0.25, 0.3) is 0 Å². The van der Waals surface area contributed by atoms with Crippen molar-refractivity contribution in [2.24, 2.45) is 5.73 Å². The number of benzene rings is 2. The standard InChI is InChI=1S/C24H33N3O/c1-4-23(28)27(20-11-6-5-7-12-20)21-13-15-26(16-14-21)17-22(25)24-18(2)9-8-10-19(24)3/h5-12,21-22H,4,13-17,25H2,1-3H3. The molecule has 1 unspecified atom stereocenters. The Labute approximate surface area is 169 Å². The minimum atomic E-state index is 0.0280. The van der Waals surface area contributed by atoms with Gasteiger partial charge in [-0.25, -0.2) is 0 Å². The van der Waals surface area contributed by atoms with E-state index < -0.39 is 0 Å². The molecule has 4 heteroatoms. The van der Waals surface area contributed by atoms with Crippen molar-refractivity contribution in [2.45, 2.75) is 52.1 Å². The molecule has 1 heterocycles. The number of aryl methyl sites for hydroxylation is 2. The maximum absolute atomic E-state index is 12.6. The van der Waals surface area contributed by atoms with Gasteiger partial charge in [0.25, 0.3) is 0 Å².